The van der Waals surface area contributed by atoms with Gasteiger partial charge in [0.15, 0.2) is 0 Å². The lowest BCUT2D eigenvalue weighted by Crippen LogP contribution is -2.57. The molecular weight excluding hydrogens is 510 g/mol. The van der Waals surface area contributed by atoms with Gasteiger partial charge in [-0.3, -0.25) is 14.4 Å². The Morgan fingerprint density at radius 3 is 2.40 bits per heavy atom. The molecule has 0 saturated carbocycles. The minimum atomic E-state index is -1.14. The third kappa shape index (κ3) is 6.17. The first-order valence-corrected chi connectivity index (χ1v) is 13.9. The second kappa shape index (κ2) is 12.3. The number of carboxylic acids is 1. The van der Waals surface area contributed by atoms with E-state index in [9.17, 15) is 24.3 Å². The van der Waals surface area contributed by atoms with Crippen molar-refractivity contribution in [3.8, 4) is 0 Å². The molecular formula is C30H35N5O5. The molecule has 40 heavy (non-hydrogen) atoms. The highest BCUT2D eigenvalue weighted by molar-refractivity contribution is 5.95. The maximum absolute atomic E-state index is 14.0. The number of carboxylic acid groups (broad SMARTS) is 1. The van der Waals surface area contributed by atoms with E-state index in [4.69, 9.17) is 0 Å². The quantitative estimate of drug-likeness (QED) is 0.263. The molecule has 10 nitrogen and oxygen atoms in total. The van der Waals surface area contributed by atoms with Crippen LogP contribution in [0.4, 0.5) is 0 Å². The lowest BCUT2D eigenvalue weighted by atomic mass is 10.0. The normalized spacial score (nSPS) is 20.2. The van der Waals surface area contributed by atoms with Gasteiger partial charge in [-0.2, -0.15) is 0 Å². The molecule has 0 aliphatic carbocycles. The number of benzene rings is 2. The van der Waals surface area contributed by atoms with E-state index in [1.165, 1.54) is 4.90 Å². The van der Waals surface area contributed by atoms with Crippen LogP contribution in [-0.2, 0) is 32.0 Å². The molecule has 4 atom stereocenters. The van der Waals surface area contributed by atoms with Crippen molar-refractivity contribution in [2.45, 2.75) is 62.7 Å². The molecule has 1 aromatic heterocycles. The molecule has 5 rings (SSSR count). The number of hydrogen-bond acceptors (Lipinski definition) is 5. The van der Waals surface area contributed by atoms with Crippen molar-refractivity contribution in [1.82, 2.24) is 25.8 Å². The van der Waals surface area contributed by atoms with Gasteiger partial charge in [0.05, 0.1) is 6.04 Å². The van der Waals surface area contributed by atoms with E-state index in [0.717, 1.165) is 35.0 Å². The fraction of sp³-hybridized carbons (Fsp3) is 0.400. The summed E-state index contributed by atoms with van der Waals surface area (Å²) in [6, 6.07) is 13.7. The zero-order chi connectivity index (χ0) is 28.1. The third-order valence-electron chi connectivity index (χ3n) is 7.83. The number of nitrogens with zero attached hydrogens (tertiary/aromatic N) is 1. The Morgan fingerprint density at radius 1 is 0.900 bits per heavy atom. The van der Waals surface area contributed by atoms with Crippen LogP contribution in [0.3, 0.4) is 0 Å². The molecule has 2 saturated heterocycles. The van der Waals surface area contributed by atoms with Crippen molar-refractivity contribution in [1.29, 1.82) is 0 Å². The SMILES string of the molecule is O=C(O)C(Cc1ccccc1)NC(=O)C1CCCN1C(=O)C(Cc1c[nH]c2ccccc12)NC(=O)C1CCCN1. The summed E-state index contributed by atoms with van der Waals surface area (Å²) in [5, 5.41) is 19.5. The number of aliphatic carboxylic acids is 1. The monoisotopic (exact) mass is 545 g/mol. The summed E-state index contributed by atoms with van der Waals surface area (Å²) in [4.78, 5) is 57.1. The number of H-pyrrole nitrogens is 1. The second-order valence-electron chi connectivity index (χ2n) is 10.6. The van der Waals surface area contributed by atoms with E-state index < -0.39 is 30.0 Å². The maximum Gasteiger partial charge on any atom is 0.326 e. The number of rotatable bonds is 10. The molecule has 3 heterocycles. The van der Waals surface area contributed by atoms with Crippen molar-refractivity contribution in [2.75, 3.05) is 13.1 Å². The first kappa shape index (κ1) is 27.4. The van der Waals surface area contributed by atoms with Gasteiger partial charge in [0.2, 0.25) is 17.7 Å². The Hall–Kier alpha value is -4.18. The zero-order valence-electron chi connectivity index (χ0n) is 22.3. The Bertz CT molecular complexity index is 1370. The fourth-order valence-corrected chi connectivity index (χ4v) is 5.72. The molecule has 2 aromatic carbocycles. The van der Waals surface area contributed by atoms with E-state index in [1.807, 2.05) is 60.8 Å². The number of carbonyl (C=O) groups is 4. The Balaban J connectivity index is 1.33. The van der Waals surface area contributed by atoms with Gasteiger partial charge in [-0.05, 0) is 49.4 Å². The second-order valence-corrected chi connectivity index (χ2v) is 10.6. The van der Waals surface area contributed by atoms with E-state index in [2.05, 4.69) is 20.9 Å². The van der Waals surface area contributed by atoms with Crippen molar-refractivity contribution in [3.63, 3.8) is 0 Å². The number of aromatic amines is 1. The van der Waals surface area contributed by atoms with Gasteiger partial charge in [0, 0.05) is 36.5 Å². The number of amides is 3. The van der Waals surface area contributed by atoms with E-state index in [-0.39, 0.29) is 30.7 Å². The molecule has 10 heteroatoms. The summed E-state index contributed by atoms with van der Waals surface area (Å²) in [7, 11) is 0. The number of carbonyl (C=O) groups excluding carboxylic acids is 3. The zero-order valence-corrected chi connectivity index (χ0v) is 22.3. The minimum Gasteiger partial charge on any atom is -0.480 e. The van der Waals surface area contributed by atoms with Gasteiger partial charge in [0.1, 0.15) is 18.1 Å². The van der Waals surface area contributed by atoms with Crippen LogP contribution >= 0.6 is 0 Å². The molecule has 5 N–H and O–H groups in total. The van der Waals surface area contributed by atoms with Gasteiger partial charge in [-0.1, -0.05) is 48.5 Å². The fourth-order valence-electron chi connectivity index (χ4n) is 5.72. The van der Waals surface area contributed by atoms with Gasteiger partial charge in [-0.15, -0.1) is 0 Å². The largest absolute Gasteiger partial charge is 0.480 e. The van der Waals surface area contributed by atoms with E-state index in [1.54, 1.807) is 0 Å². The summed E-state index contributed by atoms with van der Waals surface area (Å²) in [5.74, 6) is -2.21. The number of para-hydroxylation sites is 1. The first-order chi connectivity index (χ1) is 19.4. The van der Waals surface area contributed by atoms with Crippen molar-refractivity contribution in [2.24, 2.45) is 0 Å². The molecule has 2 aliphatic heterocycles. The van der Waals surface area contributed by atoms with E-state index in [0.29, 0.717) is 25.8 Å². The standard InChI is InChI=1S/C30H35N5O5/c36-27(23-12-6-14-31-23)33-24(17-20-18-32-22-11-5-4-10-21(20)22)29(38)35-15-7-13-26(35)28(37)34-25(30(39)40)16-19-8-2-1-3-9-19/h1-5,8-11,18,23-26,31-32H,6-7,12-17H2,(H,33,36)(H,34,37)(H,39,40). The predicted molar refractivity (Wildman–Crippen MR) is 149 cm³/mol. The van der Waals surface area contributed by atoms with Crippen LogP contribution in [0.25, 0.3) is 10.9 Å². The molecule has 3 amide bonds. The smallest absolute Gasteiger partial charge is 0.326 e. The van der Waals surface area contributed by atoms with Crippen molar-refractivity contribution >= 4 is 34.6 Å². The Morgan fingerprint density at radius 2 is 1.65 bits per heavy atom. The van der Waals surface area contributed by atoms with Crippen LogP contribution in [0.5, 0.6) is 0 Å². The lowest BCUT2D eigenvalue weighted by molar-refractivity contribution is -0.144. The topological polar surface area (TPSA) is 144 Å². The molecule has 4 unspecified atom stereocenters. The predicted octanol–water partition coefficient (Wildman–Crippen LogP) is 1.75. The highest BCUT2D eigenvalue weighted by Gasteiger charge is 2.39. The van der Waals surface area contributed by atoms with Gasteiger partial charge >= 0.3 is 5.97 Å². The molecule has 2 fully saturated rings. The average molecular weight is 546 g/mol. The highest BCUT2D eigenvalue weighted by Crippen LogP contribution is 2.23. The summed E-state index contributed by atoms with van der Waals surface area (Å²) >= 11 is 0. The van der Waals surface area contributed by atoms with Crippen molar-refractivity contribution < 1.29 is 24.3 Å². The Kier molecular flexibility index (Phi) is 8.45. The van der Waals surface area contributed by atoms with Crippen LogP contribution in [-0.4, -0.2) is 75.9 Å². The first-order valence-electron chi connectivity index (χ1n) is 13.9. The number of aromatic nitrogens is 1. The van der Waals surface area contributed by atoms with Crippen LogP contribution in [0, 0.1) is 0 Å². The average Bonchev–Trinajstić information content (AvgIpc) is 3.74. The van der Waals surface area contributed by atoms with Crippen LogP contribution in [0.1, 0.15) is 36.8 Å². The van der Waals surface area contributed by atoms with Gasteiger partial charge in [-0.25, -0.2) is 4.79 Å². The molecule has 2 aliphatic rings. The van der Waals surface area contributed by atoms with Gasteiger partial charge < -0.3 is 30.9 Å². The molecule has 0 spiro atoms. The summed E-state index contributed by atoms with van der Waals surface area (Å²) in [6.07, 6.45) is 4.87. The number of hydrogen-bond donors (Lipinski definition) is 5. The Labute approximate surface area is 232 Å². The summed E-state index contributed by atoms with van der Waals surface area (Å²) in [6.45, 7) is 1.11. The molecule has 0 bridgehead atoms. The number of fused-ring (bicyclic) bond motifs is 1. The lowest BCUT2D eigenvalue weighted by Gasteiger charge is -2.30. The maximum atomic E-state index is 14.0. The van der Waals surface area contributed by atoms with Crippen LogP contribution in [0.15, 0.2) is 60.8 Å². The van der Waals surface area contributed by atoms with Crippen molar-refractivity contribution in [3.05, 3.63) is 71.9 Å². The third-order valence-corrected chi connectivity index (χ3v) is 7.83. The van der Waals surface area contributed by atoms with Gasteiger partial charge in [0.25, 0.3) is 0 Å². The summed E-state index contributed by atoms with van der Waals surface area (Å²) < 4.78 is 0. The molecule has 210 valence electrons. The van der Waals surface area contributed by atoms with Crippen LogP contribution in [0.2, 0.25) is 0 Å². The highest BCUT2D eigenvalue weighted by atomic mass is 16.4. The van der Waals surface area contributed by atoms with Crippen LogP contribution < -0.4 is 16.0 Å². The van der Waals surface area contributed by atoms with E-state index >= 15 is 0 Å². The molecule has 0 radical (unpaired) electrons. The number of nitrogens with one attached hydrogen (secondary N) is 4. The minimum absolute atomic E-state index is 0.135. The number of likely N-dealkylation sites (tertiary alicyclic amines) is 1. The summed E-state index contributed by atoms with van der Waals surface area (Å²) in [5.41, 5.74) is 2.61. The molecule has 3 aromatic rings.